The number of rotatable bonds is 2. The molecule has 0 aliphatic heterocycles. The number of benzene rings is 1. The van der Waals surface area contributed by atoms with Crippen LogP contribution in [0.4, 0.5) is 30.6 Å². The molecule has 0 aliphatic rings. The van der Waals surface area contributed by atoms with Gasteiger partial charge in [0.05, 0.1) is 0 Å². The van der Waals surface area contributed by atoms with Crippen molar-refractivity contribution in [1.29, 1.82) is 0 Å². The number of anilines is 3. The normalized spacial score (nSPS) is 11.4. The topological polar surface area (TPSA) is 63.8 Å². The van der Waals surface area contributed by atoms with E-state index in [2.05, 4.69) is 31.2 Å². The number of nitrogen functional groups attached to an aromatic ring is 1. The van der Waals surface area contributed by atoms with E-state index >= 15 is 0 Å². The van der Waals surface area contributed by atoms with Crippen LogP contribution in [0.15, 0.2) is 28.7 Å². The van der Waals surface area contributed by atoms with Gasteiger partial charge in [0, 0.05) is 16.2 Å². The maximum Gasteiger partial charge on any atom is 0.433 e. The minimum Gasteiger partial charge on any atom is -0.368 e. The molecule has 106 valence electrons. The Morgan fingerprint density at radius 2 is 1.90 bits per heavy atom. The largest absolute Gasteiger partial charge is 0.433 e. The Hall–Kier alpha value is -1.83. The third-order valence-electron chi connectivity index (χ3n) is 2.49. The van der Waals surface area contributed by atoms with Crippen molar-refractivity contribution < 1.29 is 13.2 Å². The number of hydrogen-bond donors (Lipinski definition) is 2. The van der Waals surface area contributed by atoms with Crippen LogP contribution in [0, 0.1) is 6.92 Å². The summed E-state index contributed by atoms with van der Waals surface area (Å²) in [7, 11) is 0. The third kappa shape index (κ3) is 3.38. The fourth-order valence-electron chi connectivity index (χ4n) is 1.58. The van der Waals surface area contributed by atoms with E-state index in [0.717, 1.165) is 16.1 Å². The molecule has 1 heterocycles. The van der Waals surface area contributed by atoms with E-state index in [1.165, 1.54) is 0 Å². The number of nitrogens with zero attached hydrogens (tertiary/aromatic N) is 2. The Balaban J connectivity index is 2.36. The lowest BCUT2D eigenvalue weighted by molar-refractivity contribution is -0.141. The number of nitrogens with one attached hydrogen (secondary N) is 1. The first-order chi connectivity index (χ1) is 9.25. The van der Waals surface area contributed by atoms with Gasteiger partial charge in [-0.2, -0.15) is 18.2 Å². The molecule has 0 bridgehead atoms. The molecule has 0 aliphatic carbocycles. The van der Waals surface area contributed by atoms with Crippen molar-refractivity contribution in [3.05, 3.63) is 40.0 Å². The molecular weight excluding hydrogens is 337 g/mol. The van der Waals surface area contributed by atoms with Crippen molar-refractivity contribution in [3.8, 4) is 0 Å². The van der Waals surface area contributed by atoms with Crippen LogP contribution in [0.25, 0.3) is 0 Å². The van der Waals surface area contributed by atoms with Crippen molar-refractivity contribution in [2.24, 2.45) is 0 Å². The Morgan fingerprint density at radius 1 is 1.20 bits per heavy atom. The zero-order chi connectivity index (χ0) is 14.9. The molecule has 0 saturated heterocycles. The zero-order valence-electron chi connectivity index (χ0n) is 10.3. The van der Waals surface area contributed by atoms with Crippen LogP contribution in [0.3, 0.4) is 0 Å². The van der Waals surface area contributed by atoms with Gasteiger partial charge in [0.1, 0.15) is 5.82 Å². The van der Waals surface area contributed by atoms with Gasteiger partial charge in [-0.3, -0.25) is 0 Å². The van der Waals surface area contributed by atoms with Crippen LogP contribution in [0.2, 0.25) is 0 Å². The number of hydrogen-bond acceptors (Lipinski definition) is 4. The van der Waals surface area contributed by atoms with E-state index in [4.69, 9.17) is 5.73 Å². The number of alkyl halides is 3. The van der Waals surface area contributed by atoms with Crippen molar-refractivity contribution in [2.75, 3.05) is 11.1 Å². The number of aromatic nitrogens is 2. The molecule has 0 saturated carbocycles. The summed E-state index contributed by atoms with van der Waals surface area (Å²) in [6.07, 6.45) is -4.57. The number of aryl methyl sites for hydroxylation is 1. The quantitative estimate of drug-likeness (QED) is 0.865. The summed E-state index contributed by atoms with van der Waals surface area (Å²) in [6.45, 7) is 1.82. The van der Waals surface area contributed by atoms with Crippen LogP contribution >= 0.6 is 15.9 Å². The molecule has 2 aromatic rings. The molecular formula is C12H10BrF3N4. The fraction of sp³-hybridized carbons (Fsp3) is 0.167. The van der Waals surface area contributed by atoms with E-state index in [9.17, 15) is 13.2 Å². The smallest absolute Gasteiger partial charge is 0.368 e. The first-order valence-corrected chi connectivity index (χ1v) is 6.30. The second-order valence-corrected chi connectivity index (χ2v) is 4.99. The summed E-state index contributed by atoms with van der Waals surface area (Å²) < 4.78 is 38.8. The molecule has 2 rings (SSSR count). The van der Waals surface area contributed by atoms with Gasteiger partial charge in [0.2, 0.25) is 5.95 Å². The molecule has 1 aromatic carbocycles. The minimum absolute atomic E-state index is 0.00440. The first kappa shape index (κ1) is 14.6. The minimum atomic E-state index is -4.57. The Kier molecular flexibility index (Phi) is 3.85. The van der Waals surface area contributed by atoms with Gasteiger partial charge in [0.15, 0.2) is 5.69 Å². The number of nitrogens with two attached hydrogens (primary N) is 1. The van der Waals surface area contributed by atoms with Crippen LogP contribution in [0.5, 0.6) is 0 Å². The van der Waals surface area contributed by atoms with E-state index in [1.807, 2.05) is 13.0 Å². The average molecular weight is 347 g/mol. The summed E-state index contributed by atoms with van der Waals surface area (Å²) in [5.74, 6) is -0.438. The molecule has 0 radical (unpaired) electrons. The van der Waals surface area contributed by atoms with Gasteiger partial charge < -0.3 is 11.1 Å². The van der Waals surface area contributed by atoms with Gasteiger partial charge in [-0.25, -0.2) is 4.98 Å². The Labute approximate surface area is 121 Å². The van der Waals surface area contributed by atoms with Crippen LogP contribution in [-0.2, 0) is 6.18 Å². The van der Waals surface area contributed by atoms with Gasteiger partial charge in [-0.05, 0) is 30.7 Å². The molecule has 8 heteroatoms. The van der Waals surface area contributed by atoms with Crippen molar-refractivity contribution in [3.63, 3.8) is 0 Å². The van der Waals surface area contributed by atoms with E-state index < -0.39 is 17.8 Å². The second kappa shape index (κ2) is 5.28. The highest BCUT2D eigenvalue weighted by Crippen LogP contribution is 2.30. The van der Waals surface area contributed by atoms with Crippen LogP contribution < -0.4 is 11.1 Å². The van der Waals surface area contributed by atoms with Gasteiger partial charge in [0.25, 0.3) is 0 Å². The summed E-state index contributed by atoms with van der Waals surface area (Å²) in [5.41, 5.74) is 5.71. The van der Waals surface area contributed by atoms with E-state index in [1.54, 1.807) is 12.1 Å². The first-order valence-electron chi connectivity index (χ1n) is 5.50. The molecule has 0 spiro atoms. The van der Waals surface area contributed by atoms with Crippen LogP contribution in [-0.4, -0.2) is 9.97 Å². The van der Waals surface area contributed by atoms with Gasteiger partial charge >= 0.3 is 6.18 Å². The molecule has 0 atom stereocenters. The Bertz CT molecular complexity index is 643. The zero-order valence-corrected chi connectivity index (χ0v) is 11.9. The summed E-state index contributed by atoms with van der Waals surface area (Å²) in [4.78, 5) is 6.93. The number of halogens is 4. The molecule has 1 aromatic heterocycles. The molecule has 0 unspecified atom stereocenters. The predicted molar refractivity (Wildman–Crippen MR) is 73.6 cm³/mol. The lowest BCUT2D eigenvalue weighted by Gasteiger charge is -2.12. The average Bonchev–Trinajstić information content (AvgIpc) is 2.31. The highest BCUT2D eigenvalue weighted by Gasteiger charge is 2.33. The third-order valence-corrected chi connectivity index (χ3v) is 2.98. The van der Waals surface area contributed by atoms with Crippen molar-refractivity contribution in [1.82, 2.24) is 9.97 Å². The fourth-order valence-corrected chi connectivity index (χ4v) is 2.06. The maximum atomic E-state index is 12.6. The maximum absolute atomic E-state index is 12.6. The highest BCUT2D eigenvalue weighted by molar-refractivity contribution is 9.10. The summed E-state index contributed by atoms with van der Waals surface area (Å²) in [6, 6.07) is 6.14. The lowest BCUT2D eigenvalue weighted by Crippen LogP contribution is -2.12. The Morgan fingerprint density at radius 3 is 2.50 bits per heavy atom. The van der Waals surface area contributed by atoms with Gasteiger partial charge in [-0.1, -0.05) is 15.9 Å². The summed E-state index contributed by atoms with van der Waals surface area (Å²) in [5, 5.41) is 2.80. The standard InChI is InChI=1S/C12H10BrF3N4/c1-6-4-7(13)2-3-8(6)18-10-5-9(12(14,15)16)19-11(17)20-10/h2-5H,1H3,(H3,17,18,19,20). The second-order valence-electron chi connectivity index (χ2n) is 4.08. The molecule has 20 heavy (non-hydrogen) atoms. The van der Waals surface area contributed by atoms with E-state index in [-0.39, 0.29) is 5.82 Å². The van der Waals surface area contributed by atoms with Crippen LogP contribution in [0.1, 0.15) is 11.3 Å². The van der Waals surface area contributed by atoms with Crippen molar-refractivity contribution >= 4 is 33.4 Å². The summed E-state index contributed by atoms with van der Waals surface area (Å²) >= 11 is 3.31. The highest BCUT2D eigenvalue weighted by atomic mass is 79.9. The molecule has 3 N–H and O–H groups in total. The monoisotopic (exact) mass is 346 g/mol. The predicted octanol–water partition coefficient (Wildman–Crippen LogP) is 3.89. The SMILES string of the molecule is Cc1cc(Br)ccc1Nc1cc(C(F)(F)F)nc(N)n1. The van der Waals surface area contributed by atoms with Crippen molar-refractivity contribution in [2.45, 2.75) is 13.1 Å². The molecule has 4 nitrogen and oxygen atoms in total. The molecule has 0 fully saturated rings. The molecule has 0 amide bonds. The van der Waals surface area contributed by atoms with E-state index in [0.29, 0.717) is 5.69 Å². The lowest BCUT2D eigenvalue weighted by atomic mass is 10.2. The van der Waals surface area contributed by atoms with Gasteiger partial charge in [-0.15, -0.1) is 0 Å².